The fraction of sp³-hybridized carbons (Fsp3) is 0.300. The summed E-state index contributed by atoms with van der Waals surface area (Å²) in [7, 11) is 0. The lowest BCUT2D eigenvalue weighted by atomic mass is 9.84. The highest BCUT2D eigenvalue weighted by Gasteiger charge is 2.47. The van der Waals surface area contributed by atoms with Gasteiger partial charge in [-0.25, -0.2) is 0 Å². The molecule has 1 atom stereocenters. The van der Waals surface area contributed by atoms with Crippen molar-refractivity contribution in [1.29, 1.82) is 0 Å². The van der Waals surface area contributed by atoms with Crippen molar-refractivity contribution in [1.82, 2.24) is 4.98 Å². The number of Topliss-reactive ketones (excluding diaryl/α,β-unsaturated/α-hetero) is 1. The molecule has 0 spiro atoms. The van der Waals surface area contributed by atoms with Crippen molar-refractivity contribution >= 4 is 23.1 Å². The van der Waals surface area contributed by atoms with Crippen LogP contribution in [0.15, 0.2) is 72.4 Å². The average Bonchev–Trinajstić information content (AvgIpc) is 3.14. The summed E-state index contributed by atoms with van der Waals surface area (Å²) in [6.07, 6.45) is 2.47. The Morgan fingerprint density at radius 3 is 2.33 bits per heavy atom. The monoisotopic (exact) mass is 484 g/mol. The first kappa shape index (κ1) is 25.2. The van der Waals surface area contributed by atoms with Crippen LogP contribution in [-0.4, -0.2) is 28.4 Å². The van der Waals surface area contributed by atoms with Gasteiger partial charge in [0, 0.05) is 23.0 Å². The minimum atomic E-state index is -0.858. The quantitative estimate of drug-likeness (QED) is 0.265. The van der Waals surface area contributed by atoms with E-state index in [4.69, 9.17) is 4.74 Å². The molecule has 1 amide bonds. The molecule has 1 aliphatic heterocycles. The third-order valence-corrected chi connectivity index (χ3v) is 6.40. The molecule has 1 fully saturated rings. The molecule has 6 nitrogen and oxygen atoms in total. The number of carbonyl (C=O) groups is 2. The average molecular weight is 485 g/mol. The van der Waals surface area contributed by atoms with Crippen molar-refractivity contribution in [2.45, 2.75) is 52.5 Å². The zero-order valence-electron chi connectivity index (χ0n) is 21.4. The Labute approximate surface area is 212 Å². The number of aliphatic hydroxyl groups excluding tert-OH is 1. The lowest BCUT2D eigenvalue weighted by molar-refractivity contribution is -0.132. The summed E-state index contributed by atoms with van der Waals surface area (Å²) in [5.41, 5.74) is 3.28. The molecule has 0 bridgehead atoms. The van der Waals surface area contributed by atoms with E-state index in [-0.39, 0.29) is 16.7 Å². The molecule has 4 rings (SSSR count). The van der Waals surface area contributed by atoms with E-state index in [1.807, 2.05) is 37.3 Å². The number of hydrogen-bond acceptors (Lipinski definition) is 5. The molecule has 1 aromatic heterocycles. The molecule has 1 N–H and O–H groups in total. The van der Waals surface area contributed by atoms with Crippen LogP contribution in [0.5, 0.6) is 5.75 Å². The summed E-state index contributed by atoms with van der Waals surface area (Å²) in [6, 6.07) is 17.4. The Morgan fingerprint density at radius 2 is 1.75 bits per heavy atom. The van der Waals surface area contributed by atoms with Crippen molar-refractivity contribution < 1.29 is 19.4 Å². The second-order valence-corrected chi connectivity index (χ2v) is 9.84. The summed E-state index contributed by atoms with van der Waals surface area (Å²) >= 11 is 0. The molecule has 2 aromatic carbocycles. The highest BCUT2D eigenvalue weighted by atomic mass is 16.5. The summed E-state index contributed by atoms with van der Waals surface area (Å²) < 4.78 is 5.81. The van der Waals surface area contributed by atoms with Gasteiger partial charge in [-0.15, -0.1) is 0 Å². The molecule has 1 unspecified atom stereocenters. The van der Waals surface area contributed by atoms with E-state index in [0.29, 0.717) is 23.6 Å². The summed E-state index contributed by atoms with van der Waals surface area (Å²) in [5, 5.41) is 11.5. The SMILES string of the molecule is CCOc1ccc(/C(O)=C2/C(=O)C(=O)N(c3ccc(CC)cc3)C2c2ccccn2)cc1C(C)(C)C. The zero-order chi connectivity index (χ0) is 26.0. The third kappa shape index (κ3) is 4.63. The second-order valence-electron chi connectivity index (χ2n) is 9.84. The molecule has 186 valence electrons. The van der Waals surface area contributed by atoms with E-state index in [1.54, 1.807) is 36.5 Å². The Hall–Kier alpha value is -3.93. The van der Waals surface area contributed by atoms with E-state index in [9.17, 15) is 14.7 Å². The molecule has 3 aromatic rings. The van der Waals surface area contributed by atoms with Crippen molar-refractivity contribution in [3.05, 3.63) is 94.8 Å². The summed E-state index contributed by atoms with van der Waals surface area (Å²) in [4.78, 5) is 32.6. The normalized spacial score (nSPS) is 17.5. The van der Waals surface area contributed by atoms with Crippen molar-refractivity contribution in [2.75, 3.05) is 11.5 Å². The van der Waals surface area contributed by atoms with Gasteiger partial charge in [0.25, 0.3) is 11.7 Å². The maximum atomic E-state index is 13.4. The number of pyridine rings is 1. The molecular weight excluding hydrogens is 452 g/mol. The van der Waals surface area contributed by atoms with Crippen LogP contribution < -0.4 is 9.64 Å². The van der Waals surface area contributed by atoms with Crippen LogP contribution in [0.2, 0.25) is 0 Å². The first-order valence-corrected chi connectivity index (χ1v) is 12.3. The number of amides is 1. The smallest absolute Gasteiger partial charge is 0.300 e. The Kier molecular flexibility index (Phi) is 6.97. The van der Waals surface area contributed by atoms with Crippen LogP contribution >= 0.6 is 0 Å². The highest BCUT2D eigenvalue weighted by molar-refractivity contribution is 6.51. The van der Waals surface area contributed by atoms with Crippen LogP contribution in [0.25, 0.3) is 5.76 Å². The van der Waals surface area contributed by atoms with Gasteiger partial charge in [0.1, 0.15) is 17.6 Å². The lowest BCUT2D eigenvalue weighted by Crippen LogP contribution is -2.29. The number of rotatable bonds is 6. The largest absolute Gasteiger partial charge is 0.507 e. The summed E-state index contributed by atoms with van der Waals surface area (Å²) in [5.74, 6) is -0.947. The van der Waals surface area contributed by atoms with Crippen LogP contribution in [0, 0.1) is 0 Å². The molecule has 36 heavy (non-hydrogen) atoms. The highest BCUT2D eigenvalue weighted by Crippen LogP contribution is 2.42. The first-order valence-electron chi connectivity index (χ1n) is 12.3. The van der Waals surface area contributed by atoms with Crippen LogP contribution in [0.1, 0.15) is 63.0 Å². The van der Waals surface area contributed by atoms with Crippen molar-refractivity contribution in [2.24, 2.45) is 0 Å². The van der Waals surface area contributed by atoms with Gasteiger partial charge in [0.05, 0.1) is 17.9 Å². The van der Waals surface area contributed by atoms with Gasteiger partial charge in [0.15, 0.2) is 0 Å². The number of carbonyl (C=O) groups excluding carboxylic acids is 2. The van der Waals surface area contributed by atoms with E-state index in [1.165, 1.54) is 4.90 Å². The third-order valence-electron chi connectivity index (χ3n) is 6.40. The molecule has 6 heteroatoms. The summed E-state index contributed by atoms with van der Waals surface area (Å²) in [6.45, 7) is 10.7. The van der Waals surface area contributed by atoms with E-state index >= 15 is 0 Å². The predicted octanol–water partition coefficient (Wildman–Crippen LogP) is 5.97. The topological polar surface area (TPSA) is 79.7 Å². The molecule has 0 saturated carbocycles. The van der Waals surface area contributed by atoms with E-state index in [0.717, 1.165) is 23.3 Å². The maximum Gasteiger partial charge on any atom is 0.300 e. The minimum Gasteiger partial charge on any atom is -0.507 e. The number of ketones is 1. The minimum absolute atomic E-state index is 0.0160. The van der Waals surface area contributed by atoms with Crippen LogP contribution in [0.3, 0.4) is 0 Å². The van der Waals surface area contributed by atoms with Crippen LogP contribution in [-0.2, 0) is 21.4 Å². The number of hydrogen-bond donors (Lipinski definition) is 1. The van der Waals surface area contributed by atoms with E-state index in [2.05, 4.69) is 32.7 Å². The standard InChI is InChI=1S/C30H32N2O4/c1-6-19-11-14-21(15-12-19)32-26(23-10-8-9-17-31-23)25(28(34)29(32)35)27(33)20-13-16-24(36-7-2)22(18-20)30(3,4)5/h8-18,26,33H,6-7H2,1-5H3/b27-25-. The Bertz CT molecular complexity index is 1310. The van der Waals surface area contributed by atoms with Gasteiger partial charge >= 0.3 is 0 Å². The molecule has 0 aliphatic carbocycles. The second kappa shape index (κ2) is 9.97. The number of aromatic nitrogens is 1. The fourth-order valence-electron chi connectivity index (χ4n) is 4.51. The first-order chi connectivity index (χ1) is 17.2. The number of benzene rings is 2. The fourth-order valence-corrected chi connectivity index (χ4v) is 4.51. The maximum absolute atomic E-state index is 13.4. The molecule has 2 heterocycles. The molecular formula is C30H32N2O4. The van der Waals surface area contributed by atoms with Crippen molar-refractivity contribution in [3.8, 4) is 5.75 Å². The van der Waals surface area contributed by atoms with Crippen LogP contribution in [0.4, 0.5) is 5.69 Å². The predicted molar refractivity (Wildman–Crippen MR) is 141 cm³/mol. The van der Waals surface area contributed by atoms with Gasteiger partial charge in [-0.05, 0) is 66.8 Å². The Balaban J connectivity index is 1.91. The zero-order valence-corrected chi connectivity index (χ0v) is 21.4. The number of ether oxygens (including phenoxy) is 1. The number of aryl methyl sites for hydroxylation is 1. The van der Waals surface area contributed by atoms with Gasteiger partial charge in [-0.2, -0.15) is 0 Å². The van der Waals surface area contributed by atoms with Gasteiger partial charge < -0.3 is 9.84 Å². The van der Waals surface area contributed by atoms with E-state index < -0.39 is 17.7 Å². The van der Waals surface area contributed by atoms with Gasteiger partial charge in [-0.3, -0.25) is 19.5 Å². The number of aliphatic hydroxyl groups is 1. The molecule has 1 aliphatic rings. The lowest BCUT2D eigenvalue weighted by Gasteiger charge is -2.25. The van der Waals surface area contributed by atoms with Gasteiger partial charge in [0.2, 0.25) is 0 Å². The van der Waals surface area contributed by atoms with Gasteiger partial charge in [-0.1, -0.05) is 45.9 Å². The molecule has 0 radical (unpaired) electrons. The molecule has 1 saturated heterocycles. The van der Waals surface area contributed by atoms with Crippen molar-refractivity contribution in [3.63, 3.8) is 0 Å². The Morgan fingerprint density at radius 1 is 1.03 bits per heavy atom. The number of anilines is 1. The number of nitrogens with zero attached hydrogens (tertiary/aromatic N) is 2.